The summed E-state index contributed by atoms with van der Waals surface area (Å²) in [5.74, 6) is 0.0770. The van der Waals surface area contributed by atoms with E-state index in [1.54, 1.807) is 44.2 Å². The second-order valence-corrected chi connectivity index (χ2v) is 11.0. The molecule has 1 atom stereocenters. The lowest BCUT2D eigenvalue weighted by Crippen LogP contribution is -2.41. The minimum atomic E-state index is -3.40. The Hall–Kier alpha value is -3.60. The molecule has 0 aromatic heterocycles. The van der Waals surface area contributed by atoms with Crippen molar-refractivity contribution >= 4 is 33.4 Å². The van der Waals surface area contributed by atoms with E-state index >= 15 is 0 Å². The number of Topliss-reactive ketones (excluding diaryl/α,β-unsaturated/α-hetero) is 1. The van der Waals surface area contributed by atoms with Gasteiger partial charge in [0.2, 0.25) is 10.0 Å². The zero-order valence-corrected chi connectivity index (χ0v) is 20.2. The maximum Gasteiger partial charge on any atom is 0.325 e. The van der Waals surface area contributed by atoms with Crippen molar-refractivity contribution in [3.63, 3.8) is 0 Å². The highest BCUT2D eigenvalue weighted by Crippen LogP contribution is 2.37. The molecule has 5 rings (SSSR count). The van der Waals surface area contributed by atoms with Gasteiger partial charge in [0.1, 0.15) is 18.8 Å². The summed E-state index contributed by atoms with van der Waals surface area (Å²) >= 11 is 0. The van der Waals surface area contributed by atoms with Crippen LogP contribution in [0.15, 0.2) is 36.4 Å². The van der Waals surface area contributed by atoms with Crippen LogP contribution >= 0.6 is 0 Å². The summed E-state index contributed by atoms with van der Waals surface area (Å²) in [6.07, 6.45) is 0.487. The zero-order chi connectivity index (χ0) is 25.0. The molecule has 3 heterocycles. The number of fused-ring (bicyclic) bond motifs is 2. The molecule has 2 aromatic carbocycles. The second kappa shape index (κ2) is 8.26. The highest BCUT2D eigenvalue weighted by molar-refractivity contribution is 7.92. The lowest BCUT2D eigenvalue weighted by atomic mass is 9.91. The van der Waals surface area contributed by atoms with Crippen molar-refractivity contribution in [2.24, 2.45) is 0 Å². The fourth-order valence-electron chi connectivity index (χ4n) is 4.62. The number of nitrogens with zero attached hydrogens (tertiary/aromatic N) is 2. The number of imide groups is 1. The van der Waals surface area contributed by atoms with Gasteiger partial charge in [-0.15, -0.1) is 0 Å². The standard InChI is InChI=1S/C24H25N3O7S/c1-3-35(31,32)27-9-8-15-12-16(4-6-18(15)27)19(28)14-26-22(29)24(2,25-23(26)30)17-5-7-20-21(13-17)34-11-10-33-20/h4-7,12-13H,3,8-11,14H2,1-2H3,(H,25,30)/t24-/m1/s1. The van der Waals surface area contributed by atoms with Crippen molar-refractivity contribution in [3.05, 3.63) is 53.1 Å². The third-order valence-electron chi connectivity index (χ3n) is 6.65. The van der Waals surface area contributed by atoms with E-state index in [9.17, 15) is 22.8 Å². The predicted octanol–water partition coefficient (Wildman–Crippen LogP) is 1.82. The van der Waals surface area contributed by atoms with E-state index in [-0.39, 0.29) is 5.75 Å². The first-order valence-corrected chi connectivity index (χ1v) is 13.0. The van der Waals surface area contributed by atoms with Gasteiger partial charge in [0.25, 0.3) is 5.91 Å². The fourth-order valence-corrected chi connectivity index (χ4v) is 5.77. The molecule has 11 heteroatoms. The third kappa shape index (κ3) is 3.79. The molecule has 3 aliphatic rings. The predicted molar refractivity (Wildman–Crippen MR) is 126 cm³/mol. The first kappa shape index (κ1) is 23.2. The van der Waals surface area contributed by atoms with Crippen LogP contribution < -0.4 is 19.1 Å². The van der Waals surface area contributed by atoms with E-state index < -0.39 is 39.8 Å². The topological polar surface area (TPSA) is 122 Å². The lowest BCUT2D eigenvalue weighted by Gasteiger charge is -2.25. The van der Waals surface area contributed by atoms with Crippen LogP contribution in [0.5, 0.6) is 11.5 Å². The number of amides is 3. The zero-order valence-electron chi connectivity index (χ0n) is 19.4. The third-order valence-corrected chi connectivity index (χ3v) is 8.43. The van der Waals surface area contributed by atoms with Crippen LogP contribution in [0.4, 0.5) is 10.5 Å². The summed E-state index contributed by atoms with van der Waals surface area (Å²) in [7, 11) is -3.40. The average Bonchev–Trinajstić information content (AvgIpc) is 3.38. The van der Waals surface area contributed by atoms with Crippen LogP contribution in [0.3, 0.4) is 0 Å². The molecule has 10 nitrogen and oxygen atoms in total. The van der Waals surface area contributed by atoms with Crippen LogP contribution in [0.25, 0.3) is 0 Å². The van der Waals surface area contributed by atoms with Gasteiger partial charge in [-0.1, -0.05) is 6.07 Å². The van der Waals surface area contributed by atoms with Crippen LogP contribution in [0.2, 0.25) is 0 Å². The first-order valence-electron chi connectivity index (χ1n) is 11.3. The molecule has 35 heavy (non-hydrogen) atoms. The van der Waals surface area contributed by atoms with Gasteiger partial charge < -0.3 is 14.8 Å². The number of anilines is 1. The quantitative estimate of drug-likeness (QED) is 0.475. The maximum absolute atomic E-state index is 13.3. The number of rotatable bonds is 6. The number of hydrogen-bond acceptors (Lipinski definition) is 7. The van der Waals surface area contributed by atoms with E-state index in [4.69, 9.17) is 9.47 Å². The van der Waals surface area contributed by atoms with Gasteiger partial charge in [-0.25, -0.2) is 13.2 Å². The number of sulfonamides is 1. The highest BCUT2D eigenvalue weighted by Gasteiger charge is 2.50. The summed E-state index contributed by atoms with van der Waals surface area (Å²) in [5, 5.41) is 2.70. The molecular formula is C24H25N3O7S. The monoisotopic (exact) mass is 499 g/mol. The molecule has 1 saturated heterocycles. The van der Waals surface area contributed by atoms with Crippen molar-refractivity contribution in [2.45, 2.75) is 25.8 Å². The van der Waals surface area contributed by atoms with Crippen molar-refractivity contribution in [1.82, 2.24) is 10.2 Å². The Morgan fingerprint density at radius 1 is 1.09 bits per heavy atom. The number of hydrogen-bond donors (Lipinski definition) is 1. The summed E-state index contributed by atoms with van der Waals surface area (Å²) in [4.78, 5) is 39.9. The van der Waals surface area contributed by atoms with Gasteiger partial charge in [-0.05, 0) is 61.7 Å². The molecule has 0 spiro atoms. The largest absolute Gasteiger partial charge is 0.486 e. The number of carbonyl (C=O) groups excluding carboxylic acids is 3. The molecule has 0 aliphatic carbocycles. The fraction of sp³-hybridized carbons (Fsp3) is 0.375. The highest BCUT2D eigenvalue weighted by atomic mass is 32.2. The van der Waals surface area contributed by atoms with Crippen LogP contribution in [-0.2, 0) is 26.8 Å². The molecular weight excluding hydrogens is 474 g/mol. The van der Waals surface area contributed by atoms with E-state index in [1.807, 2.05) is 0 Å². The molecule has 1 N–H and O–H groups in total. The van der Waals surface area contributed by atoms with Gasteiger partial charge >= 0.3 is 6.03 Å². The molecule has 184 valence electrons. The Kier molecular flexibility index (Phi) is 5.47. The van der Waals surface area contributed by atoms with E-state index in [1.165, 1.54) is 10.4 Å². The van der Waals surface area contributed by atoms with E-state index in [0.717, 1.165) is 10.5 Å². The molecule has 1 fully saturated rings. The SMILES string of the molecule is CCS(=O)(=O)N1CCc2cc(C(=O)CN3C(=O)N[C@](C)(c4ccc5c(c4)OCCO5)C3=O)ccc21. The van der Waals surface area contributed by atoms with Crippen LogP contribution in [0, 0.1) is 0 Å². The van der Waals surface area contributed by atoms with Gasteiger partial charge in [0, 0.05) is 12.1 Å². The summed E-state index contributed by atoms with van der Waals surface area (Å²) in [5.41, 5.74) is 0.772. The summed E-state index contributed by atoms with van der Waals surface area (Å²) in [6, 6.07) is 9.15. The van der Waals surface area contributed by atoms with Gasteiger partial charge in [-0.2, -0.15) is 0 Å². The Balaban J connectivity index is 1.35. The summed E-state index contributed by atoms with van der Waals surface area (Å²) < 4.78 is 37.1. The van der Waals surface area contributed by atoms with Crippen molar-refractivity contribution in [3.8, 4) is 11.5 Å². The van der Waals surface area contributed by atoms with Crippen molar-refractivity contribution in [2.75, 3.05) is 36.4 Å². The molecule has 0 saturated carbocycles. The Morgan fingerprint density at radius 2 is 1.83 bits per heavy atom. The minimum Gasteiger partial charge on any atom is -0.486 e. The number of ether oxygens (including phenoxy) is 2. The maximum atomic E-state index is 13.3. The minimum absolute atomic E-state index is 0.0125. The number of urea groups is 1. The number of nitrogens with one attached hydrogen (secondary N) is 1. The normalized spacial score (nSPS) is 21.2. The smallest absolute Gasteiger partial charge is 0.325 e. The van der Waals surface area contributed by atoms with Gasteiger partial charge in [0.05, 0.1) is 18.0 Å². The Labute approximate surface area is 202 Å². The van der Waals surface area contributed by atoms with Crippen LogP contribution in [-0.4, -0.2) is 63.1 Å². The van der Waals surface area contributed by atoms with Crippen molar-refractivity contribution in [1.29, 1.82) is 0 Å². The van der Waals surface area contributed by atoms with Gasteiger partial charge in [0.15, 0.2) is 17.3 Å². The van der Waals surface area contributed by atoms with Crippen LogP contribution in [0.1, 0.15) is 35.3 Å². The number of ketones is 1. The van der Waals surface area contributed by atoms with E-state index in [2.05, 4.69) is 5.32 Å². The number of carbonyl (C=O) groups is 3. The molecule has 3 amide bonds. The van der Waals surface area contributed by atoms with Crippen molar-refractivity contribution < 1.29 is 32.3 Å². The first-order chi connectivity index (χ1) is 16.6. The average molecular weight is 500 g/mol. The molecule has 2 aromatic rings. The Bertz CT molecular complexity index is 1360. The molecule has 0 bridgehead atoms. The van der Waals surface area contributed by atoms with Gasteiger partial charge in [-0.3, -0.25) is 18.8 Å². The van der Waals surface area contributed by atoms with E-state index in [0.29, 0.717) is 54.5 Å². The molecule has 0 radical (unpaired) electrons. The Morgan fingerprint density at radius 3 is 2.57 bits per heavy atom. The molecule has 0 unspecified atom stereocenters. The number of benzene rings is 2. The lowest BCUT2D eigenvalue weighted by molar-refractivity contribution is -0.130. The second-order valence-electron chi connectivity index (χ2n) is 8.79. The molecule has 3 aliphatic heterocycles. The summed E-state index contributed by atoms with van der Waals surface area (Å²) in [6.45, 7) is 3.88.